The molecule has 8 nitrogen and oxygen atoms in total. The van der Waals surface area contributed by atoms with Crippen LogP contribution in [0.25, 0.3) is 0 Å². The molecule has 3 rings (SSSR count). The molecule has 0 bridgehead atoms. The Morgan fingerprint density at radius 2 is 1.65 bits per heavy atom. The first kappa shape index (κ1) is 18.1. The van der Waals surface area contributed by atoms with Crippen molar-refractivity contribution in [2.45, 2.75) is 44.8 Å². The minimum absolute atomic E-state index is 0.0456. The molecule has 1 aromatic carbocycles. The minimum atomic E-state index is -1.98. The Morgan fingerprint density at radius 3 is 2.12 bits per heavy atom. The van der Waals surface area contributed by atoms with Gasteiger partial charge in [-0.1, -0.05) is 17.2 Å². The Hall–Kier alpha value is -2.74. The van der Waals surface area contributed by atoms with Crippen LogP contribution in [0.3, 0.4) is 0 Å². The molecule has 1 aromatic rings. The molecule has 0 radical (unpaired) electrons. The van der Waals surface area contributed by atoms with Crippen LogP contribution in [-0.2, 0) is 23.9 Å². The van der Waals surface area contributed by atoms with Gasteiger partial charge in [-0.25, -0.2) is 9.59 Å². The van der Waals surface area contributed by atoms with E-state index in [1.165, 1.54) is 12.1 Å². The number of amides is 2. The normalized spacial score (nSPS) is 22.3. The molecule has 0 saturated carbocycles. The number of nitrogens with zero attached hydrogens (tertiary/aromatic N) is 1. The highest BCUT2D eigenvalue weighted by molar-refractivity contribution is 6.21. The van der Waals surface area contributed by atoms with Crippen molar-refractivity contribution in [3.63, 3.8) is 0 Å². The molecule has 2 aliphatic heterocycles. The lowest BCUT2D eigenvalue weighted by Gasteiger charge is -2.29. The Balaban J connectivity index is 1.83. The summed E-state index contributed by atoms with van der Waals surface area (Å²) < 4.78 is 10.6. The lowest BCUT2D eigenvalue weighted by atomic mass is 10.00. The molecule has 1 unspecified atom stereocenters. The molecular formula is C18H19NO7. The van der Waals surface area contributed by atoms with E-state index >= 15 is 0 Å². The zero-order valence-corrected chi connectivity index (χ0v) is 14.7. The molecule has 0 aliphatic carbocycles. The summed E-state index contributed by atoms with van der Waals surface area (Å²) in [5.41, 5.74) is -2.57. The van der Waals surface area contributed by atoms with Gasteiger partial charge in [-0.2, -0.15) is 0 Å². The Morgan fingerprint density at radius 1 is 1.08 bits per heavy atom. The second-order valence-corrected chi connectivity index (χ2v) is 7.11. The van der Waals surface area contributed by atoms with E-state index in [0.29, 0.717) is 11.5 Å². The predicted octanol–water partition coefficient (Wildman–Crippen LogP) is 1.63. The van der Waals surface area contributed by atoms with E-state index in [1.54, 1.807) is 32.9 Å². The first-order chi connectivity index (χ1) is 12.2. The molecule has 0 aromatic heterocycles. The molecule has 2 aliphatic rings. The largest absolute Gasteiger partial charge is 0.457 e. The highest BCUT2D eigenvalue weighted by Gasteiger charge is 2.56. The number of benzene rings is 1. The number of ether oxygens (including phenoxy) is 2. The molecule has 2 heterocycles. The fourth-order valence-corrected chi connectivity index (χ4v) is 2.81. The van der Waals surface area contributed by atoms with Crippen LogP contribution in [0.4, 0.5) is 0 Å². The first-order valence-corrected chi connectivity index (χ1v) is 8.23. The number of hydroxylamine groups is 2. The second-order valence-electron chi connectivity index (χ2n) is 7.11. The van der Waals surface area contributed by atoms with Crippen molar-refractivity contribution in [2.75, 3.05) is 6.61 Å². The molecule has 138 valence electrons. The highest BCUT2D eigenvalue weighted by atomic mass is 16.7. The first-order valence-electron chi connectivity index (χ1n) is 8.23. The smallest absolute Gasteiger partial charge is 0.376 e. The zero-order chi connectivity index (χ0) is 19.1. The minimum Gasteiger partial charge on any atom is -0.457 e. The molecule has 8 heteroatoms. The molecular weight excluding hydrogens is 342 g/mol. The fraction of sp³-hybridized carbons (Fsp3) is 0.444. The maximum absolute atomic E-state index is 12.7. The van der Waals surface area contributed by atoms with Gasteiger partial charge in [-0.05, 0) is 39.3 Å². The van der Waals surface area contributed by atoms with Crippen molar-refractivity contribution in [3.05, 3.63) is 35.4 Å². The quantitative estimate of drug-likeness (QED) is 0.458. The molecule has 1 saturated heterocycles. The topological polar surface area (TPSA) is 99.2 Å². The number of fused-ring (bicyclic) bond motifs is 1. The van der Waals surface area contributed by atoms with Crippen LogP contribution in [-0.4, -0.2) is 46.6 Å². The molecule has 1 fully saturated rings. The second kappa shape index (κ2) is 6.21. The van der Waals surface area contributed by atoms with Gasteiger partial charge in [0.25, 0.3) is 17.4 Å². The Bertz CT molecular complexity index is 752. The van der Waals surface area contributed by atoms with Crippen LogP contribution < -0.4 is 0 Å². The van der Waals surface area contributed by atoms with Crippen molar-refractivity contribution in [3.8, 4) is 0 Å². The van der Waals surface area contributed by atoms with Gasteiger partial charge in [0.05, 0.1) is 11.1 Å². The predicted molar refractivity (Wildman–Crippen MR) is 86.8 cm³/mol. The summed E-state index contributed by atoms with van der Waals surface area (Å²) >= 11 is 0. The number of esters is 1. The maximum atomic E-state index is 12.7. The van der Waals surface area contributed by atoms with Gasteiger partial charge in [-0.3, -0.25) is 9.59 Å². The van der Waals surface area contributed by atoms with E-state index in [9.17, 15) is 19.2 Å². The number of hydrogen-bond acceptors (Lipinski definition) is 7. The lowest BCUT2D eigenvalue weighted by molar-refractivity contribution is -0.205. The van der Waals surface area contributed by atoms with Gasteiger partial charge in [0.2, 0.25) is 0 Å². The lowest BCUT2D eigenvalue weighted by Crippen LogP contribution is -2.52. The SMILES string of the molecule is CC(C)(C)OC(=O)C1(C(=O)ON2C(=O)c3ccccc3C2=O)CCCO1. The van der Waals surface area contributed by atoms with E-state index in [1.807, 2.05) is 0 Å². The summed E-state index contributed by atoms with van der Waals surface area (Å²) in [6.07, 6.45) is 0.486. The van der Waals surface area contributed by atoms with Crippen LogP contribution in [0.5, 0.6) is 0 Å². The van der Waals surface area contributed by atoms with E-state index in [-0.39, 0.29) is 24.2 Å². The third-order valence-electron chi connectivity index (χ3n) is 4.01. The number of carbonyl (C=O) groups excluding carboxylic acids is 4. The van der Waals surface area contributed by atoms with Crippen LogP contribution in [0.2, 0.25) is 0 Å². The molecule has 26 heavy (non-hydrogen) atoms. The summed E-state index contributed by atoms with van der Waals surface area (Å²) in [6.45, 7) is 5.13. The van der Waals surface area contributed by atoms with Gasteiger partial charge in [-0.15, -0.1) is 0 Å². The van der Waals surface area contributed by atoms with Gasteiger partial charge in [0.15, 0.2) is 0 Å². The van der Waals surface area contributed by atoms with Gasteiger partial charge >= 0.3 is 11.9 Å². The number of rotatable bonds is 3. The summed E-state index contributed by atoms with van der Waals surface area (Å²) in [5.74, 6) is -3.57. The van der Waals surface area contributed by atoms with Crippen LogP contribution in [0, 0.1) is 0 Å². The van der Waals surface area contributed by atoms with Crippen molar-refractivity contribution in [1.29, 1.82) is 0 Å². The van der Waals surface area contributed by atoms with E-state index in [2.05, 4.69) is 0 Å². The van der Waals surface area contributed by atoms with Crippen LogP contribution in [0.1, 0.15) is 54.3 Å². The number of carbonyl (C=O) groups is 4. The summed E-state index contributed by atoms with van der Waals surface area (Å²) in [7, 11) is 0. The zero-order valence-electron chi connectivity index (χ0n) is 14.7. The Kier molecular flexibility index (Phi) is 4.31. The molecule has 1 atom stereocenters. The number of hydrogen-bond donors (Lipinski definition) is 0. The van der Waals surface area contributed by atoms with E-state index in [4.69, 9.17) is 14.3 Å². The number of imide groups is 1. The van der Waals surface area contributed by atoms with Gasteiger partial charge in [0, 0.05) is 13.0 Å². The van der Waals surface area contributed by atoms with Crippen molar-refractivity contribution in [1.82, 2.24) is 5.06 Å². The average molecular weight is 361 g/mol. The Labute approximate surface area is 149 Å². The summed E-state index contributed by atoms with van der Waals surface area (Å²) in [4.78, 5) is 54.9. The van der Waals surface area contributed by atoms with E-state index in [0.717, 1.165) is 0 Å². The standard InChI is InChI=1S/C18H19NO7/c1-17(2,3)25-15(22)18(9-6-10-24-18)16(23)26-19-13(20)11-7-4-5-8-12(11)14(19)21/h4-5,7-8H,6,9-10H2,1-3H3. The maximum Gasteiger partial charge on any atom is 0.376 e. The third-order valence-corrected chi connectivity index (χ3v) is 4.01. The van der Waals surface area contributed by atoms with Crippen LogP contribution >= 0.6 is 0 Å². The van der Waals surface area contributed by atoms with Crippen LogP contribution in [0.15, 0.2) is 24.3 Å². The summed E-state index contributed by atoms with van der Waals surface area (Å²) in [5, 5.41) is 0.362. The molecule has 0 spiro atoms. The van der Waals surface area contributed by atoms with Crippen molar-refractivity contribution < 1.29 is 33.5 Å². The third kappa shape index (κ3) is 2.96. The van der Waals surface area contributed by atoms with Crippen molar-refractivity contribution >= 4 is 23.8 Å². The summed E-state index contributed by atoms with van der Waals surface area (Å²) in [6, 6.07) is 6.10. The van der Waals surface area contributed by atoms with Gasteiger partial charge < -0.3 is 14.3 Å². The fourth-order valence-electron chi connectivity index (χ4n) is 2.81. The average Bonchev–Trinajstić information content (AvgIpc) is 3.15. The monoisotopic (exact) mass is 361 g/mol. The van der Waals surface area contributed by atoms with Crippen molar-refractivity contribution in [2.24, 2.45) is 0 Å². The molecule has 0 N–H and O–H groups in total. The van der Waals surface area contributed by atoms with Gasteiger partial charge in [0.1, 0.15) is 5.60 Å². The van der Waals surface area contributed by atoms with E-state index < -0.39 is 35.0 Å². The highest BCUT2D eigenvalue weighted by Crippen LogP contribution is 2.32. The molecule has 2 amide bonds.